The highest BCUT2D eigenvalue weighted by Crippen LogP contribution is 2.29. The summed E-state index contributed by atoms with van der Waals surface area (Å²) in [6.45, 7) is 5.02. The number of alkyl halides is 1. The number of nitrogens with zero attached hydrogens (tertiary/aromatic N) is 1. The van der Waals surface area contributed by atoms with E-state index in [1.807, 2.05) is 10.6 Å². The van der Waals surface area contributed by atoms with Gasteiger partial charge in [0.1, 0.15) is 5.75 Å². The van der Waals surface area contributed by atoms with E-state index in [2.05, 4.69) is 41.9 Å². The number of unbranched alkanes of at least 4 members (excludes halogenated alkanes) is 3. The number of methoxy groups -OCH3 is 1. The van der Waals surface area contributed by atoms with Crippen LogP contribution in [-0.2, 0) is 11.9 Å². The van der Waals surface area contributed by atoms with Crippen molar-refractivity contribution in [3.63, 3.8) is 0 Å². The summed E-state index contributed by atoms with van der Waals surface area (Å²) in [5.41, 5.74) is 2.90. The lowest BCUT2D eigenvalue weighted by Crippen LogP contribution is -2.24. The van der Waals surface area contributed by atoms with Crippen molar-refractivity contribution in [2.75, 3.05) is 7.11 Å². The van der Waals surface area contributed by atoms with E-state index < -0.39 is 0 Å². The van der Waals surface area contributed by atoms with Crippen molar-refractivity contribution in [2.45, 2.75) is 51.4 Å². The van der Waals surface area contributed by atoms with Gasteiger partial charge in [-0.15, -0.1) is 0 Å². The molecule has 0 saturated carbocycles. The summed E-state index contributed by atoms with van der Waals surface area (Å²) in [6.07, 6.45) is 4.61. The number of fused-ring (bicyclic) bond motifs is 1. The molecule has 0 amide bonds. The predicted octanol–water partition coefficient (Wildman–Crippen LogP) is 4.79. The standard InChI is InChI=1S/C18H24BrNO2/c1-4-5-6-7-10-20-16-9-8-13(2)11-14(16)17(22-3)15(12-19)18(20)21/h8-9,11H,4-7,10,12H2,1-3H3. The zero-order chi connectivity index (χ0) is 16.1. The van der Waals surface area contributed by atoms with Crippen LogP contribution in [0.5, 0.6) is 5.75 Å². The van der Waals surface area contributed by atoms with E-state index in [0.29, 0.717) is 16.6 Å². The van der Waals surface area contributed by atoms with Gasteiger partial charge in [0.15, 0.2) is 0 Å². The van der Waals surface area contributed by atoms with Gasteiger partial charge in [-0.3, -0.25) is 4.79 Å². The Morgan fingerprint density at radius 3 is 2.64 bits per heavy atom. The molecule has 1 heterocycles. The number of aromatic nitrogens is 1. The Balaban J connectivity index is 2.59. The minimum absolute atomic E-state index is 0.0570. The van der Waals surface area contributed by atoms with Gasteiger partial charge in [0.2, 0.25) is 0 Å². The van der Waals surface area contributed by atoms with Crippen LogP contribution in [0.25, 0.3) is 10.9 Å². The number of rotatable bonds is 7. The molecule has 0 aliphatic heterocycles. The number of pyridine rings is 1. The summed E-state index contributed by atoms with van der Waals surface area (Å²) in [5, 5.41) is 1.53. The minimum atomic E-state index is 0.0570. The molecule has 120 valence electrons. The molecule has 0 atom stereocenters. The maximum absolute atomic E-state index is 12.8. The molecule has 1 aromatic heterocycles. The Morgan fingerprint density at radius 1 is 1.23 bits per heavy atom. The molecular weight excluding hydrogens is 342 g/mol. The molecule has 0 N–H and O–H groups in total. The molecule has 0 saturated heterocycles. The number of benzene rings is 1. The Kier molecular flexibility index (Phi) is 6.07. The number of hydrogen-bond acceptors (Lipinski definition) is 2. The van der Waals surface area contributed by atoms with Crippen LogP contribution in [0, 0.1) is 6.92 Å². The van der Waals surface area contributed by atoms with E-state index in [1.54, 1.807) is 7.11 Å². The average molecular weight is 366 g/mol. The fourth-order valence-electron chi connectivity index (χ4n) is 2.87. The summed E-state index contributed by atoms with van der Waals surface area (Å²) in [7, 11) is 1.63. The summed E-state index contributed by atoms with van der Waals surface area (Å²) < 4.78 is 7.45. The SMILES string of the molecule is CCCCCCn1c(=O)c(CBr)c(OC)c2cc(C)ccc21. The summed E-state index contributed by atoms with van der Waals surface area (Å²) in [5.74, 6) is 0.699. The van der Waals surface area contributed by atoms with Crippen molar-refractivity contribution in [3.05, 3.63) is 39.7 Å². The maximum Gasteiger partial charge on any atom is 0.258 e. The first-order valence-electron chi connectivity index (χ1n) is 7.90. The van der Waals surface area contributed by atoms with Gasteiger partial charge in [0.05, 0.1) is 18.2 Å². The highest BCUT2D eigenvalue weighted by molar-refractivity contribution is 9.08. The Labute approximate surface area is 140 Å². The van der Waals surface area contributed by atoms with Gasteiger partial charge in [-0.25, -0.2) is 0 Å². The molecule has 2 rings (SSSR count). The third-order valence-corrected chi connectivity index (χ3v) is 4.60. The molecule has 3 nitrogen and oxygen atoms in total. The molecule has 4 heteroatoms. The second-order valence-corrected chi connectivity index (χ2v) is 6.24. The molecule has 2 aromatic rings. The van der Waals surface area contributed by atoms with Crippen LogP contribution >= 0.6 is 15.9 Å². The number of halogens is 1. The van der Waals surface area contributed by atoms with E-state index in [0.717, 1.165) is 30.3 Å². The molecule has 22 heavy (non-hydrogen) atoms. The fourth-order valence-corrected chi connectivity index (χ4v) is 3.36. The maximum atomic E-state index is 12.8. The van der Waals surface area contributed by atoms with Gasteiger partial charge in [0.25, 0.3) is 5.56 Å². The molecule has 1 aromatic carbocycles. The number of aryl methyl sites for hydroxylation is 2. The van der Waals surface area contributed by atoms with Crippen LogP contribution in [0.1, 0.15) is 43.7 Å². The Bertz CT molecular complexity index is 706. The lowest BCUT2D eigenvalue weighted by Gasteiger charge is -2.16. The van der Waals surface area contributed by atoms with Crippen LogP contribution in [0.4, 0.5) is 0 Å². The van der Waals surface area contributed by atoms with Gasteiger partial charge in [-0.2, -0.15) is 0 Å². The van der Waals surface area contributed by atoms with E-state index in [9.17, 15) is 4.79 Å². The van der Waals surface area contributed by atoms with E-state index >= 15 is 0 Å². The van der Waals surface area contributed by atoms with Crippen molar-refractivity contribution >= 4 is 26.8 Å². The molecule has 0 unspecified atom stereocenters. The molecule has 0 aliphatic rings. The quantitative estimate of drug-likeness (QED) is 0.521. The lowest BCUT2D eigenvalue weighted by atomic mass is 10.1. The molecule has 0 spiro atoms. The lowest BCUT2D eigenvalue weighted by molar-refractivity contribution is 0.414. The second kappa shape index (κ2) is 7.82. The molecule has 0 fully saturated rings. The van der Waals surface area contributed by atoms with Gasteiger partial charge < -0.3 is 9.30 Å². The molecule has 0 bridgehead atoms. The van der Waals surface area contributed by atoms with Crippen LogP contribution in [0.2, 0.25) is 0 Å². The van der Waals surface area contributed by atoms with Crippen molar-refractivity contribution in [2.24, 2.45) is 0 Å². The van der Waals surface area contributed by atoms with Crippen LogP contribution < -0.4 is 10.3 Å². The van der Waals surface area contributed by atoms with E-state index in [4.69, 9.17) is 4.74 Å². The Morgan fingerprint density at radius 2 is 2.00 bits per heavy atom. The first-order chi connectivity index (χ1) is 10.6. The van der Waals surface area contributed by atoms with Crippen LogP contribution in [0.15, 0.2) is 23.0 Å². The molecule has 0 radical (unpaired) electrons. The highest BCUT2D eigenvalue weighted by Gasteiger charge is 2.16. The van der Waals surface area contributed by atoms with E-state index in [-0.39, 0.29) is 5.56 Å². The first-order valence-corrected chi connectivity index (χ1v) is 9.02. The normalized spacial score (nSPS) is 11.1. The summed E-state index contributed by atoms with van der Waals surface area (Å²) in [4.78, 5) is 12.8. The van der Waals surface area contributed by atoms with Crippen LogP contribution in [0.3, 0.4) is 0 Å². The van der Waals surface area contributed by atoms with Gasteiger partial charge in [-0.05, 0) is 25.5 Å². The van der Waals surface area contributed by atoms with Gasteiger partial charge >= 0.3 is 0 Å². The highest BCUT2D eigenvalue weighted by atomic mass is 79.9. The van der Waals surface area contributed by atoms with Crippen molar-refractivity contribution < 1.29 is 4.74 Å². The minimum Gasteiger partial charge on any atom is -0.496 e. The first kappa shape index (κ1) is 17.1. The number of ether oxygens (including phenoxy) is 1. The summed E-state index contributed by atoms with van der Waals surface area (Å²) in [6, 6.07) is 6.19. The smallest absolute Gasteiger partial charge is 0.258 e. The van der Waals surface area contributed by atoms with Crippen LogP contribution in [-0.4, -0.2) is 11.7 Å². The zero-order valence-corrected chi connectivity index (χ0v) is 15.2. The summed E-state index contributed by atoms with van der Waals surface area (Å²) >= 11 is 3.44. The topological polar surface area (TPSA) is 31.2 Å². The molecular formula is C18H24BrNO2. The monoisotopic (exact) mass is 365 g/mol. The average Bonchev–Trinajstić information content (AvgIpc) is 2.52. The third kappa shape index (κ3) is 3.37. The third-order valence-electron chi connectivity index (χ3n) is 4.04. The second-order valence-electron chi connectivity index (χ2n) is 5.68. The molecule has 0 aliphatic carbocycles. The van der Waals surface area contributed by atoms with Gasteiger partial charge in [-0.1, -0.05) is 53.7 Å². The van der Waals surface area contributed by atoms with Gasteiger partial charge in [0, 0.05) is 17.3 Å². The zero-order valence-electron chi connectivity index (χ0n) is 13.6. The number of hydrogen-bond donors (Lipinski definition) is 0. The van der Waals surface area contributed by atoms with E-state index in [1.165, 1.54) is 18.4 Å². The largest absolute Gasteiger partial charge is 0.496 e. The predicted molar refractivity (Wildman–Crippen MR) is 96.3 cm³/mol. The van der Waals surface area contributed by atoms with Crippen molar-refractivity contribution in [1.82, 2.24) is 4.57 Å². The van der Waals surface area contributed by atoms with Crippen molar-refractivity contribution in [1.29, 1.82) is 0 Å². The fraction of sp³-hybridized carbons (Fsp3) is 0.500. The van der Waals surface area contributed by atoms with Crippen molar-refractivity contribution in [3.8, 4) is 5.75 Å². The Hall–Kier alpha value is -1.29.